The van der Waals surface area contributed by atoms with Gasteiger partial charge in [0.2, 0.25) is 5.91 Å². The van der Waals surface area contributed by atoms with Gasteiger partial charge in [0.1, 0.15) is 0 Å². The highest BCUT2D eigenvalue weighted by molar-refractivity contribution is 8.00. The number of likely N-dealkylation sites (tertiary alicyclic amines) is 1. The quantitative estimate of drug-likeness (QED) is 0.651. The predicted octanol–water partition coefficient (Wildman–Crippen LogP) is 3.44. The van der Waals surface area contributed by atoms with E-state index in [0.29, 0.717) is 0 Å². The maximum atomic E-state index is 12.7. The lowest BCUT2D eigenvalue weighted by Crippen LogP contribution is -2.40. The molecule has 0 radical (unpaired) electrons. The first-order valence-electron chi connectivity index (χ1n) is 9.75. The van der Waals surface area contributed by atoms with Crippen LogP contribution in [-0.4, -0.2) is 44.7 Å². The Morgan fingerprint density at radius 1 is 1.21 bits per heavy atom. The Bertz CT molecular complexity index is 956. The standard InChI is InChI=1S/C22H26N4OS/c1-16(28-22-24-19-10-6-7-11-20(19)25(22)2)21(27)23-18-12-13-26(15-18)14-17-8-4-3-5-9-17/h3-11,16,18H,12-15H2,1-2H3,(H,23,27). The summed E-state index contributed by atoms with van der Waals surface area (Å²) in [7, 11) is 2.00. The fourth-order valence-corrected chi connectivity index (χ4v) is 4.59. The lowest BCUT2D eigenvalue weighted by atomic mass is 10.2. The average Bonchev–Trinajstić information content (AvgIpc) is 3.27. The monoisotopic (exact) mass is 394 g/mol. The maximum absolute atomic E-state index is 12.7. The Balaban J connectivity index is 1.31. The first-order chi connectivity index (χ1) is 13.6. The van der Waals surface area contributed by atoms with Crippen molar-refractivity contribution >= 4 is 28.7 Å². The minimum atomic E-state index is -0.182. The van der Waals surface area contributed by atoms with Crippen LogP contribution in [0.4, 0.5) is 0 Å². The number of imidazole rings is 1. The highest BCUT2D eigenvalue weighted by atomic mass is 32.2. The molecule has 146 valence electrons. The Morgan fingerprint density at radius 3 is 2.75 bits per heavy atom. The number of hydrogen-bond donors (Lipinski definition) is 1. The van der Waals surface area contributed by atoms with Crippen LogP contribution in [0.5, 0.6) is 0 Å². The molecule has 2 aromatic carbocycles. The first-order valence-corrected chi connectivity index (χ1v) is 10.6. The van der Waals surface area contributed by atoms with Gasteiger partial charge in [-0.05, 0) is 31.0 Å². The Morgan fingerprint density at radius 2 is 1.96 bits per heavy atom. The molecule has 3 aromatic rings. The van der Waals surface area contributed by atoms with E-state index in [-0.39, 0.29) is 17.2 Å². The number of nitrogens with one attached hydrogen (secondary N) is 1. The molecule has 1 aliphatic heterocycles. The second-order valence-electron chi connectivity index (χ2n) is 7.42. The molecule has 0 spiro atoms. The lowest BCUT2D eigenvalue weighted by molar-refractivity contribution is -0.120. The van der Waals surface area contributed by atoms with Gasteiger partial charge in [-0.15, -0.1) is 0 Å². The molecule has 4 rings (SSSR count). The summed E-state index contributed by atoms with van der Waals surface area (Å²) in [4.78, 5) is 19.8. The number of carbonyl (C=O) groups is 1. The summed E-state index contributed by atoms with van der Waals surface area (Å²) in [6, 6.07) is 18.8. The number of hydrogen-bond acceptors (Lipinski definition) is 4. The van der Waals surface area contributed by atoms with Crippen LogP contribution in [0.15, 0.2) is 59.8 Å². The molecule has 1 aliphatic rings. The third-order valence-corrected chi connectivity index (χ3v) is 6.41. The van der Waals surface area contributed by atoms with Crippen molar-refractivity contribution in [3.05, 3.63) is 60.2 Å². The summed E-state index contributed by atoms with van der Waals surface area (Å²) < 4.78 is 2.06. The number of benzene rings is 2. The van der Waals surface area contributed by atoms with Crippen LogP contribution in [0, 0.1) is 0 Å². The van der Waals surface area contributed by atoms with Crippen molar-refractivity contribution in [3.8, 4) is 0 Å². The van der Waals surface area contributed by atoms with Crippen LogP contribution < -0.4 is 5.32 Å². The highest BCUT2D eigenvalue weighted by Crippen LogP contribution is 2.26. The smallest absolute Gasteiger partial charge is 0.233 e. The lowest BCUT2D eigenvalue weighted by Gasteiger charge is -2.18. The highest BCUT2D eigenvalue weighted by Gasteiger charge is 2.26. The van der Waals surface area contributed by atoms with Crippen LogP contribution >= 0.6 is 11.8 Å². The van der Waals surface area contributed by atoms with E-state index in [9.17, 15) is 4.79 Å². The van der Waals surface area contributed by atoms with Gasteiger partial charge in [-0.2, -0.15) is 0 Å². The van der Waals surface area contributed by atoms with Crippen LogP contribution in [0.3, 0.4) is 0 Å². The molecule has 6 heteroatoms. The van der Waals surface area contributed by atoms with Gasteiger partial charge in [0.15, 0.2) is 5.16 Å². The number of nitrogens with zero attached hydrogens (tertiary/aromatic N) is 3. The molecule has 2 heterocycles. The maximum Gasteiger partial charge on any atom is 0.233 e. The fraction of sp³-hybridized carbons (Fsp3) is 0.364. The van der Waals surface area contributed by atoms with E-state index >= 15 is 0 Å². The zero-order valence-electron chi connectivity index (χ0n) is 16.3. The normalized spacial score (nSPS) is 18.4. The van der Waals surface area contributed by atoms with Crippen molar-refractivity contribution in [3.63, 3.8) is 0 Å². The van der Waals surface area contributed by atoms with Gasteiger partial charge in [0.05, 0.1) is 16.3 Å². The Kier molecular flexibility index (Phi) is 5.69. The SMILES string of the molecule is CC(Sc1nc2ccccc2n1C)C(=O)NC1CCN(Cc2ccccc2)C1. The molecule has 1 amide bonds. The summed E-state index contributed by atoms with van der Waals surface area (Å²) in [5.41, 5.74) is 3.37. The first kappa shape index (κ1) is 19.0. The number of para-hydroxylation sites is 2. The van der Waals surface area contributed by atoms with Crippen LogP contribution in [-0.2, 0) is 18.4 Å². The second kappa shape index (κ2) is 8.37. The topological polar surface area (TPSA) is 50.2 Å². The van der Waals surface area contributed by atoms with Gasteiger partial charge in [-0.3, -0.25) is 9.69 Å². The molecule has 1 aromatic heterocycles. The van der Waals surface area contributed by atoms with E-state index in [4.69, 9.17) is 0 Å². The molecular formula is C22H26N4OS. The van der Waals surface area contributed by atoms with Gasteiger partial charge in [0, 0.05) is 32.7 Å². The summed E-state index contributed by atoms with van der Waals surface area (Å²) in [5, 5.41) is 3.92. The molecule has 2 atom stereocenters. The number of aryl methyl sites for hydroxylation is 1. The Labute approximate surface area is 170 Å². The van der Waals surface area contributed by atoms with Gasteiger partial charge >= 0.3 is 0 Å². The second-order valence-corrected chi connectivity index (χ2v) is 8.73. The van der Waals surface area contributed by atoms with E-state index in [1.807, 2.05) is 38.2 Å². The van der Waals surface area contributed by atoms with Gasteiger partial charge < -0.3 is 9.88 Å². The zero-order chi connectivity index (χ0) is 19.5. The Hall–Kier alpha value is -2.31. The summed E-state index contributed by atoms with van der Waals surface area (Å²) >= 11 is 1.52. The number of amides is 1. The van der Waals surface area contributed by atoms with Crippen molar-refractivity contribution in [1.29, 1.82) is 0 Å². The molecule has 2 unspecified atom stereocenters. The molecule has 0 aliphatic carbocycles. The van der Waals surface area contributed by atoms with Crippen LogP contribution in [0.2, 0.25) is 0 Å². The van der Waals surface area contributed by atoms with Gasteiger partial charge in [-0.1, -0.05) is 54.2 Å². The minimum absolute atomic E-state index is 0.0867. The molecule has 1 N–H and O–H groups in total. The van der Waals surface area contributed by atoms with Crippen molar-refractivity contribution in [1.82, 2.24) is 19.8 Å². The fourth-order valence-electron chi connectivity index (χ4n) is 3.69. The van der Waals surface area contributed by atoms with Crippen molar-refractivity contribution < 1.29 is 4.79 Å². The third-order valence-electron chi connectivity index (χ3n) is 5.27. The summed E-state index contributed by atoms with van der Waals surface area (Å²) in [6.45, 7) is 4.82. The van der Waals surface area contributed by atoms with E-state index in [1.54, 1.807) is 0 Å². The molecule has 5 nitrogen and oxygen atoms in total. The number of aromatic nitrogens is 2. The van der Waals surface area contributed by atoms with Gasteiger partial charge in [-0.25, -0.2) is 4.98 Å². The molecule has 28 heavy (non-hydrogen) atoms. The predicted molar refractivity (Wildman–Crippen MR) is 114 cm³/mol. The van der Waals surface area contributed by atoms with Crippen molar-refractivity contribution in [2.45, 2.75) is 36.3 Å². The van der Waals surface area contributed by atoms with E-state index in [1.165, 1.54) is 17.3 Å². The van der Waals surface area contributed by atoms with Crippen LogP contribution in [0.25, 0.3) is 11.0 Å². The third kappa shape index (κ3) is 4.23. The molecule has 1 fully saturated rings. The number of fused-ring (bicyclic) bond motifs is 1. The average molecular weight is 395 g/mol. The molecular weight excluding hydrogens is 368 g/mol. The minimum Gasteiger partial charge on any atom is -0.351 e. The number of rotatable bonds is 6. The molecule has 0 saturated carbocycles. The van der Waals surface area contributed by atoms with Crippen LogP contribution in [0.1, 0.15) is 18.9 Å². The molecule has 1 saturated heterocycles. The largest absolute Gasteiger partial charge is 0.351 e. The molecule has 0 bridgehead atoms. The van der Waals surface area contributed by atoms with E-state index in [0.717, 1.165) is 42.2 Å². The summed E-state index contributed by atoms with van der Waals surface area (Å²) in [5.74, 6) is 0.0867. The zero-order valence-corrected chi connectivity index (χ0v) is 17.2. The number of thioether (sulfide) groups is 1. The van der Waals surface area contributed by atoms with Crippen molar-refractivity contribution in [2.75, 3.05) is 13.1 Å². The van der Waals surface area contributed by atoms with E-state index < -0.39 is 0 Å². The van der Waals surface area contributed by atoms with Crippen molar-refractivity contribution in [2.24, 2.45) is 7.05 Å². The van der Waals surface area contributed by atoms with E-state index in [2.05, 4.69) is 50.1 Å². The van der Waals surface area contributed by atoms with Gasteiger partial charge in [0.25, 0.3) is 0 Å². The number of carbonyl (C=O) groups excluding carboxylic acids is 1. The summed E-state index contributed by atoms with van der Waals surface area (Å²) in [6.07, 6.45) is 1.00.